The van der Waals surface area contributed by atoms with Crippen molar-refractivity contribution in [3.05, 3.63) is 12.2 Å². The summed E-state index contributed by atoms with van der Waals surface area (Å²) in [5.74, 6) is 2.61. The van der Waals surface area contributed by atoms with E-state index in [0.29, 0.717) is 12.3 Å². The van der Waals surface area contributed by atoms with Crippen LogP contribution in [-0.4, -0.2) is 36.5 Å². The van der Waals surface area contributed by atoms with E-state index >= 15 is 0 Å². The molecule has 0 spiro atoms. The molecule has 1 saturated heterocycles. The van der Waals surface area contributed by atoms with Gasteiger partial charge < -0.3 is 5.11 Å². The molecule has 1 fully saturated rings. The van der Waals surface area contributed by atoms with Crippen molar-refractivity contribution in [2.45, 2.75) is 57.4 Å². The highest BCUT2D eigenvalue weighted by Crippen LogP contribution is 2.35. The average molecular weight is 269 g/mol. The minimum atomic E-state index is -0.620. The Balaban J connectivity index is 2.10. The third-order valence-electron chi connectivity index (χ3n) is 3.58. The molecule has 0 aromatic carbocycles. The predicted octanol–water partition coefficient (Wildman–Crippen LogP) is 2.12. The van der Waals surface area contributed by atoms with E-state index in [0.717, 1.165) is 31.0 Å². The van der Waals surface area contributed by atoms with E-state index in [2.05, 4.69) is 30.9 Å². The summed E-state index contributed by atoms with van der Waals surface area (Å²) in [5.41, 5.74) is -0.620. The van der Waals surface area contributed by atoms with Crippen molar-refractivity contribution >= 4 is 11.8 Å². The van der Waals surface area contributed by atoms with Crippen molar-refractivity contribution in [2.24, 2.45) is 5.92 Å². The molecule has 1 N–H and O–H groups in total. The number of aliphatic hydroxyl groups is 1. The molecule has 1 aromatic heterocycles. The number of rotatable bonds is 4. The van der Waals surface area contributed by atoms with Crippen LogP contribution in [0.4, 0.5) is 0 Å². The lowest BCUT2D eigenvalue weighted by Gasteiger charge is -2.37. The van der Waals surface area contributed by atoms with Gasteiger partial charge in [0.1, 0.15) is 12.2 Å². The van der Waals surface area contributed by atoms with E-state index in [9.17, 15) is 5.11 Å². The van der Waals surface area contributed by atoms with Crippen LogP contribution in [-0.2, 0) is 13.0 Å². The third-order valence-corrected chi connectivity index (χ3v) is 5.04. The van der Waals surface area contributed by atoms with Crippen molar-refractivity contribution in [3.63, 3.8) is 0 Å². The molecular weight excluding hydrogens is 246 g/mol. The van der Waals surface area contributed by atoms with E-state index in [1.54, 1.807) is 6.33 Å². The topological polar surface area (TPSA) is 50.9 Å². The molecule has 5 heteroatoms. The first kappa shape index (κ1) is 13.9. The summed E-state index contributed by atoms with van der Waals surface area (Å²) < 4.78 is 1.94. The number of nitrogens with zero attached hydrogens (tertiary/aromatic N) is 3. The van der Waals surface area contributed by atoms with Gasteiger partial charge in [-0.3, -0.25) is 0 Å². The summed E-state index contributed by atoms with van der Waals surface area (Å²) in [4.78, 5) is 4.33. The maximum Gasteiger partial charge on any atom is 0.138 e. The number of thioether (sulfide) groups is 1. The van der Waals surface area contributed by atoms with Crippen LogP contribution in [0.1, 0.15) is 39.4 Å². The lowest BCUT2D eigenvalue weighted by atomic mass is 9.90. The summed E-state index contributed by atoms with van der Waals surface area (Å²) >= 11 is 1.86. The van der Waals surface area contributed by atoms with Gasteiger partial charge in [0, 0.05) is 18.2 Å². The van der Waals surface area contributed by atoms with Gasteiger partial charge in [0.15, 0.2) is 0 Å². The van der Waals surface area contributed by atoms with E-state index < -0.39 is 5.60 Å². The van der Waals surface area contributed by atoms with Gasteiger partial charge in [-0.25, -0.2) is 9.67 Å². The van der Waals surface area contributed by atoms with Crippen LogP contribution >= 0.6 is 11.8 Å². The summed E-state index contributed by atoms with van der Waals surface area (Å²) in [7, 11) is 0. The molecule has 1 aromatic rings. The highest BCUT2D eigenvalue weighted by molar-refractivity contribution is 8.00. The smallest absolute Gasteiger partial charge is 0.138 e. The summed E-state index contributed by atoms with van der Waals surface area (Å²) in [6.07, 6.45) is 4.18. The first-order chi connectivity index (χ1) is 8.51. The number of hydrogen-bond donors (Lipinski definition) is 1. The van der Waals surface area contributed by atoms with Crippen molar-refractivity contribution in [1.29, 1.82) is 0 Å². The average Bonchev–Trinajstić information content (AvgIpc) is 2.69. The maximum absolute atomic E-state index is 10.8. The fraction of sp³-hybridized carbons (Fsp3) is 0.846. The van der Waals surface area contributed by atoms with Crippen LogP contribution in [0, 0.1) is 5.92 Å². The second kappa shape index (κ2) is 5.61. The second-order valence-corrected chi connectivity index (χ2v) is 7.10. The maximum atomic E-state index is 10.8. The quantitative estimate of drug-likeness (QED) is 0.909. The van der Waals surface area contributed by atoms with Crippen molar-refractivity contribution in [2.75, 3.05) is 5.75 Å². The minimum Gasteiger partial charge on any atom is -0.388 e. The molecule has 1 aliphatic rings. The van der Waals surface area contributed by atoms with E-state index in [4.69, 9.17) is 0 Å². The molecule has 2 atom stereocenters. The largest absolute Gasteiger partial charge is 0.388 e. The van der Waals surface area contributed by atoms with Crippen LogP contribution in [0.25, 0.3) is 0 Å². The first-order valence-electron chi connectivity index (χ1n) is 6.72. The van der Waals surface area contributed by atoms with Gasteiger partial charge in [-0.15, -0.1) is 0 Å². The Morgan fingerprint density at radius 3 is 3.06 bits per heavy atom. The predicted molar refractivity (Wildman–Crippen MR) is 74.7 cm³/mol. The SMILES string of the molecule is CC(C)Cn1ncnc1CC1(O)CCCSC1C. The van der Waals surface area contributed by atoms with Crippen molar-refractivity contribution in [1.82, 2.24) is 14.8 Å². The van der Waals surface area contributed by atoms with Gasteiger partial charge in [0.2, 0.25) is 0 Å². The minimum absolute atomic E-state index is 0.274. The summed E-state index contributed by atoms with van der Waals surface area (Å²) in [6, 6.07) is 0. The number of hydrogen-bond acceptors (Lipinski definition) is 4. The number of aromatic nitrogens is 3. The molecule has 102 valence electrons. The van der Waals surface area contributed by atoms with E-state index in [-0.39, 0.29) is 5.25 Å². The summed E-state index contributed by atoms with van der Waals surface area (Å²) in [6.45, 7) is 7.32. The molecule has 2 unspecified atom stereocenters. The fourth-order valence-corrected chi connectivity index (χ4v) is 3.60. The molecule has 2 heterocycles. The Morgan fingerprint density at radius 1 is 1.61 bits per heavy atom. The van der Waals surface area contributed by atoms with Crippen molar-refractivity contribution in [3.8, 4) is 0 Å². The zero-order valence-corrected chi connectivity index (χ0v) is 12.3. The van der Waals surface area contributed by atoms with Crippen molar-refractivity contribution < 1.29 is 5.11 Å². The zero-order valence-electron chi connectivity index (χ0n) is 11.5. The molecular formula is C13H23N3OS. The normalized spacial score (nSPS) is 28.8. The van der Waals surface area contributed by atoms with E-state index in [1.807, 2.05) is 16.4 Å². The van der Waals surface area contributed by atoms with Crippen LogP contribution in [0.15, 0.2) is 6.33 Å². The molecule has 0 amide bonds. The molecule has 0 saturated carbocycles. The lowest BCUT2D eigenvalue weighted by molar-refractivity contribution is 0.0267. The van der Waals surface area contributed by atoms with Gasteiger partial charge in [-0.2, -0.15) is 16.9 Å². The molecule has 1 aliphatic heterocycles. The lowest BCUT2D eigenvalue weighted by Crippen LogP contribution is -2.44. The Kier molecular flexibility index (Phi) is 4.33. The Morgan fingerprint density at radius 2 is 2.39 bits per heavy atom. The fourth-order valence-electron chi connectivity index (χ4n) is 2.43. The molecule has 2 rings (SSSR count). The monoisotopic (exact) mass is 269 g/mol. The summed E-state index contributed by atoms with van der Waals surface area (Å²) in [5, 5.41) is 15.3. The van der Waals surface area contributed by atoms with Gasteiger partial charge >= 0.3 is 0 Å². The van der Waals surface area contributed by atoms with Gasteiger partial charge in [-0.1, -0.05) is 20.8 Å². The molecule has 18 heavy (non-hydrogen) atoms. The van der Waals surface area contributed by atoms with Gasteiger partial charge in [0.05, 0.1) is 5.60 Å². The third kappa shape index (κ3) is 3.06. The van der Waals surface area contributed by atoms with Crippen LogP contribution in [0.5, 0.6) is 0 Å². The molecule has 0 radical (unpaired) electrons. The van der Waals surface area contributed by atoms with Gasteiger partial charge in [0.25, 0.3) is 0 Å². The van der Waals surface area contributed by atoms with Crippen LogP contribution in [0.3, 0.4) is 0 Å². The Bertz CT molecular complexity index is 393. The van der Waals surface area contributed by atoms with Crippen LogP contribution in [0.2, 0.25) is 0 Å². The van der Waals surface area contributed by atoms with E-state index in [1.165, 1.54) is 0 Å². The van der Waals surface area contributed by atoms with Gasteiger partial charge in [-0.05, 0) is 24.5 Å². The first-order valence-corrected chi connectivity index (χ1v) is 7.77. The second-order valence-electron chi connectivity index (χ2n) is 5.65. The van der Waals surface area contributed by atoms with Crippen LogP contribution < -0.4 is 0 Å². The Hall–Kier alpha value is -0.550. The standard InChI is InChI=1S/C13H23N3OS/c1-10(2)8-16-12(14-9-15-16)7-13(17)5-4-6-18-11(13)3/h9-11,17H,4-8H2,1-3H3. The molecule has 0 bridgehead atoms. The molecule has 4 nitrogen and oxygen atoms in total. The zero-order chi connectivity index (χ0) is 13.2. The Labute approximate surface area is 113 Å². The molecule has 0 aliphatic carbocycles. The highest BCUT2D eigenvalue weighted by atomic mass is 32.2. The highest BCUT2D eigenvalue weighted by Gasteiger charge is 2.38.